The Kier molecular flexibility index (Phi) is 15.9. The molecule has 0 saturated carbocycles. The van der Waals surface area contributed by atoms with Crippen LogP contribution in [0.4, 0.5) is 0 Å². The van der Waals surface area contributed by atoms with E-state index in [-0.39, 0.29) is 21.7 Å². The number of benzene rings is 4. The van der Waals surface area contributed by atoms with E-state index in [9.17, 15) is 0 Å². The SMILES string of the molecule is CC(C)(C)c1cc2c3c(c1)Sc1cc(C(C)(C)C)cc4c1OCCOCCOc1c(cc(C(C)(C)C)cc1Sc1cc(C(C)(C)C)cc(c1OCCOCCOCCOCCO3)S4)S2. The minimum absolute atomic E-state index is 0.163. The smallest absolute Gasteiger partial charge is 0.147 e. The van der Waals surface area contributed by atoms with Crippen LogP contribution in [0.25, 0.3) is 0 Å². The molecule has 0 amide bonds. The summed E-state index contributed by atoms with van der Waals surface area (Å²) < 4.78 is 52.0. The zero-order valence-electron chi connectivity index (χ0n) is 40.0. The summed E-state index contributed by atoms with van der Waals surface area (Å²) in [5.41, 5.74) is 4.16. The van der Waals surface area contributed by atoms with E-state index >= 15 is 0 Å². The molecule has 4 heterocycles. The van der Waals surface area contributed by atoms with E-state index < -0.39 is 0 Å². The van der Waals surface area contributed by atoms with Gasteiger partial charge in [0.15, 0.2) is 0 Å². The van der Waals surface area contributed by atoms with Gasteiger partial charge in [-0.3, -0.25) is 0 Å². The van der Waals surface area contributed by atoms with Crippen molar-refractivity contribution >= 4 is 47.0 Å². The molecule has 12 heteroatoms. The van der Waals surface area contributed by atoms with Crippen molar-refractivity contribution in [3.05, 3.63) is 70.8 Å². The monoisotopic (exact) mass is 948 g/mol. The molecule has 0 aliphatic carbocycles. The van der Waals surface area contributed by atoms with Crippen LogP contribution in [-0.4, -0.2) is 79.3 Å². The lowest BCUT2D eigenvalue weighted by atomic mass is 9.87. The maximum absolute atomic E-state index is 6.96. The molecule has 0 fully saturated rings. The minimum atomic E-state index is -0.168. The topological polar surface area (TPSA) is 73.8 Å². The van der Waals surface area contributed by atoms with Gasteiger partial charge in [-0.2, -0.15) is 0 Å². The average Bonchev–Trinajstić information content (AvgIpc) is 3.19. The van der Waals surface area contributed by atoms with Crippen molar-refractivity contribution in [3.8, 4) is 23.0 Å². The lowest BCUT2D eigenvalue weighted by Gasteiger charge is -2.28. The number of fused-ring (bicyclic) bond motifs is 6. The summed E-state index contributed by atoms with van der Waals surface area (Å²) in [5, 5.41) is 0. The van der Waals surface area contributed by atoms with Gasteiger partial charge in [-0.1, -0.05) is 130 Å². The van der Waals surface area contributed by atoms with Crippen LogP contribution in [-0.2, 0) is 40.6 Å². The maximum Gasteiger partial charge on any atom is 0.147 e. The highest BCUT2D eigenvalue weighted by molar-refractivity contribution is 8.01. The largest absolute Gasteiger partial charge is 0.489 e. The lowest BCUT2D eigenvalue weighted by Crippen LogP contribution is -2.17. The number of hydrogen-bond donors (Lipinski definition) is 0. The van der Waals surface area contributed by atoms with Crippen molar-refractivity contribution < 1.29 is 37.9 Å². The molecular formula is C52H68O8S4. The molecule has 0 spiro atoms. The third kappa shape index (κ3) is 12.4. The standard InChI is InChI=1S/C52H68O8S4/c1-49(2,3)33-25-37-45-38(26-33)62-42-30-36(52(10,11)12)32-44-48(42)60-24-20-56-19-23-59-47-41(61-37)29-35(51(7,8)9)31-43(47)63-39-27-34(50(4,5)6)28-40(64-44)46(39)58-22-18-55-16-14-53-13-15-54-17-21-57-45/h25-32H,13-24H2,1-12H3. The van der Waals surface area contributed by atoms with E-state index in [1.165, 1.54) is 22.3 Å². The van der Waals surface area contributed by atoms with Gasteiger partial charge in [-0.25, -0.2) is 0 Å². The van der Waals surface area contributed by atoms with Gasteiger partial charge in [0, 0.05) is 0 Å². The highest BCUT2D eigenvalue weighted by Gasteiger charge is 2.31. The van der Waals surface area contributed by atoms with Crippen molar-refractivity contribution in [1.82, 2.24) is 0 Å². The van der Waals surface area contributed by atoms with E-state index in [4.69, 9.17) is 37.9 Å². The molecule has 4 aromatic rings. The molecule has 4 aromatic carbocycles. The van der Waals surface area contributed by atoms with Crippen LogP contribution in [0.2, 0.25) is 0 Å². The van der Waals surface area contributed by atoms with Crippen molar-refractivity contribution in [2.45, 2.75) is 144 Å². The van der Waals surface area contributed by atoms with Crippen LogP contribution in [0, 0.1) is 0 Å². The Morgan fingerprint density at radius 2 is 0.422 bits per heavy atom. The molecule has 12 bridgehead atoms. The summed E-state index contributed by atoms with van der Waals surface area (Å²) in [6.45, 7) is 32.2. The molecule has 0 N–H and O–H groups in total. The second-order valence-corrected chi connectivity index (χ2v) is 24.8. The molecule has 4 aliphatic rings. The molecule has 0 saturated heterocycles. The van der Waals surface area contributed by atoms with Gasteiger partial charge in [0.05, 0.1) is 92.0 Å². The molecule has 64 heavy (non-hydrogen) atoms. The quantitative estimate of drug-likeness (QED) is 0.139. The van der Waals surface area contributed by atoms with Crippen LogP contribution < -0.4 is 18.9 Å². The summed E-state index contributed by atoms with van der Waals surface area (Å²) in [4.78, 5) is 8.07. The van der Waals surface area contributed by atoms with Crippen molar-refractivity contribution in [1.29, 1.82) is 0 Å². The fourth-order valence-corrected chi connectivity index (χ4v) is 11.9. The van der Waals surface area contributed by atoms with Crippen LogP contribution >= 0.6 is 47.0 Å². The normalized spacial score (nSPS) is 17.6. The van der Waals surface area contributed by atoms with Gasteiger partial charge < -0.3 is 37.9 Å². The lowest BCUT2D eigenvalue weighted by molar-refractivity contribution is 0.00450. The summed E-state index contributed by atoms with van der Waals surface area (Å²) in [6.07, 6.45) is 0. The van der Waals surface area contributed by atoms with Gasteiger partial charge in [0.1, 0.15) is 49.4 Å². The van der Waals surface area contributed by atoms with E-state index in [1.54, 1.807) is 47.0 Å². The Hall–Kier alpha value is -2.68. The third-order valence-corrected chi connectivity index (χ3v) is 15.3. The van der Waals surface area contributed by atoms with E-state index in [2.05, 4.69) is 132 Å². The highest BCUT2D eigenvalue weighted by Crippen LogP contribution is 2.56. The second-order valence-electron chi connectivity index (χ2n) is 20.5. The predicted octanol–water partition coefficient (Wildman–Crippen LogP) is 13.4. The predicted molar refractivity (Wildman–Crippen MR) is 262 cm³/mol. The van der Waals surface area contributed by atoms with Crippen molar-refractivity contribution in [2.75, 3.05) is 79.3 Å². The summed E-state index contributed by atoms with van der Waals surface area (Å²) in [5.74, 6) is 3.23. The zero-order chi connectivity index (χ0) is 45.9. The summed E-state index contributed by atoms with van der Waals surface area (Å²) >= 11 is 6.81. The second kappa shape index (κ2) is 20.7. The van der Waals surface area contributed by atoms with Crippen molar-refractivity contribution in [3.63, 3.8) is 0 Å². The third-order valence-electron chi connectivity index (χ3n) is 11.1. The van der Waals surface area contributed by atoms with E-state index in [1.807, 2.05) is 0 Å². The molecular weight excluding hydrogens is 881 g/mol. The van der Waals surface area contributed by atoms with E-state index in [0.717, 1.165) is 62.2 Å². The Morgan fingerprint density at radius 1 is 0.266 bits per heavy atom. The van der Waals surface area contributed by atoms with Gasteiger partial charge in [0.25, 0.3) is 0 Å². The molecule has 348 valence electrons. The molecule has 0 radical (unpaired) electrons. The van der Waals surface area contributed by atoms with Crippen LogP contribution in [0.5, 0.6) is 23.0 Å². The van der Waals surface area contributed by atoms with Crippen LogP contribution in [0.3, 0.4) is 0 Å². The number of rotatable bonds is 0. The van der Waals surface area contributed by atoms with Gasteiger partial charge in [-0.05, 0) is 92.4 Å². The van der Waals surface area contributed by atoms with Crippen molar-refractivity contribution in [2.24, 2.45) is 0 Å². The van der Waals surface area contributed by atoms with Gasteiger partial charge in [0.2, 0.25) is 0 Å². The first kappa shape index (κ1) is 49.2. The van der Waals surface area contributed by atoms with E-state index in [0.29, 0.717) is 79.3 Å². The molecule has 0 aromatic heterocycles. The first-order valence-corrected chi connectivity index (χ1v) is 25.8. The Bertz CT molecular complexity index is 2000. The summed E-state index contributed by atoms with van der Waals surface area (Å²) in [6, 6.07) is 18.5. The first-order valence-electron chi connectivity index (χ1n) is 22.5. The van der Waals surface area contributed by atoms with Crippen LogP contribution in [0.1, 0.15) is 105 Å². The van der Waals surface area contributed by atoms with Crippen LogP contribution in [0.15, 0.2) is 87.7 Å². The molecule has 8 nitrogen and oxygen atoms in total. The summed E-state index contributed by atoms with van der Waals surface area (Å²) in [7, 11) is 0. The highest BCUT2D eigenvalue weighted by atomic mass is 32.2. The average molecular weight is 949 g/mol. The van der Waals surface area contributed by atoms with Gasteiger partial charge >= 0.3 is 0 Å². The fraction of sp³-hybridized carbons (Fsp3) is 0.538. The Labute approximate surface area is 399 Å². The number of hydrogen-bond acceptors (Lipinski definition) is 12. The molecule has 0 unspecified atom stereocenters. The number of ether oxygens (including phenoxy) is 8. The first-order chi connectivity index (χ1) is 30.3. The molecule has 0 atom stereocenters. The Balaban J connectivity index is 1.62. The fourth-order valence-electron chi connectivity index (χ4n) is 7.14. The molecule has 8 rings (SSSR count). The van der Waals surface area contributed by atoms with Gasteiger partial charge in [-0.15, -0.1) is 0 Å². The zero-order valence-corrected chi connectivity index (χ0v) is 43.3. The Morgan fingerprint density at radius 3 is 0.578 bits per heavy atom. The molecule has 4 aliphatic heterocycles. The minimum Gasteiger partial charge on any atom is -0.489 e. The maximum atomic E-state index is 6.96.